The highest BCUT2D eigenvalue weighted by atomic mass is 35.5. The molecule has 0 bridgehead atoms. The van der Waals surface area contributed by atoms with Gasteiger partial charge in [0.25, 0.3) is 11.5 Å². The fraction of sp³-hybridized carbons (Fsp3) is 0.333. The van der Waals surface area contributed by atoms with Crippen molar-refractivity contribution in [2.75, 3.05) is 6.61 Å². The number of aliphatic hydroxyl groups excluding tert-OH is 1. The second-order valence-corrected chi connectivity index (χ2v) is 7.92. The second kappa shape index (κ2) is 8.41. The Morgan fingerprint density at radius 3 is 2.70 bits per heavy atom. The highest BCUT2D eigenvalue weighted by Gasteiger charge is 2.22. The molecular formula is C21H22ClN5O3. The van der Waals surface area contributed by atoms with Crippen LogP contribution in [0.5, 0.6) is 0 Å². The average molecular weight is 428 g/mol. The zero-order valence-corrected chi connectivity index (χ0v) is 17.2. The van der Waals surface area contributed by atoms with Gasteiger partial charge in [-0.1, -0.05) is 23.7 Å². The van der Waals surface area contributed by atoms with Crippen molar-refractivity contribution in [3.05, 3.63) is 63.7 Å². The maximum atomic E-state index is 13.1. The summed E-state index contributed by atoms with van der Waals surface area (Å²) < 4.78 is 3.04. The summed E-state index contributed by atoms with van der Waals surface area (Å²) in [5.41, 5.74) is 1.04. The standard InChI is InChI=1S/C21H22ClN5O3/c1-13(12-28)24-20(29)18-9-19(14-5-7-15(22)8-6-14)25-27(21(18)30)17-10-23-26(11-17)16-3-2-4-16/h5-11,13,16,28H,2-4,12H2,1H3,(H,24,29). The monoisotopic (exact) mass is 427 g/mol. The fourth-order valence-electron chi connectivity index (χ4n) is 3.23. The van der Waals surface area contributed by atoms with Crippen LogP contribution in [0.4, 0.5) is 0 Å². The van der Waals surface area contributed by atoms with Crippen molar-refractivity contribution in [3.63, 3.8) is 0 Å². The minimum atomic E-state index is -0.570. The van der Waals surface area contributed by atoms with Crippen molar-refractivity contribution >= 4 is 17.5 Å². The van der Waals surface area contributed by atoms with Gasteiger partial charge in [0.05, 0.1) is 30.7 Å². The van der Waals surface area contributed by atoms with E-state index in [2.05, 4.69) is 15.5 Å². The molecule has 4 rings (SSSR count). The normalized spacial score (nSPS) is 14.9. The predicted molar refractivity (Wildman–Crippen MR) is 113 cm³/mol. The van der Waals surface area contributed by atoms with E-state index < -0.39 is 17.5 Å². The number of aliphatic hydroxyl groups is 1. The van der Waals surface area contributed by atoms with Gasteiger partial charge in [-0.3, -0.25) is 14.3 Å². The number of nitrogens with zero attached hydrogens (tertiary/aromatic N) is 4. The topological polar surface area (TPSA) is 102 Å². The molecule has 1 atom stereocenters. The Balaban J connectivity index is 1.81. The number of carbonyl (C=O) groups excluding carboxylic acids is 1. The summed E-state index contributed by atoms with van der Waals surface area (Å²) in [6.45, 7) is 1.42. The molecule has 1 aliphatic carbocycles. The first kappa shape index (κ1) is 20.3. The van der Waals surface area contributed by atoms with Gasteiger partial charge in [-0.15, -0.1) is 0 Å². The third kappa shape index (κ3) is 4.01. The number of hydrogen-bond acceptors (Lipinski definition) is 5. The number of halogens is 1. The Labute approximate surface area is 178 Å². The molecule has 0 radical (unpaired) electrons. The fourth-order valence-corrected chi connectivity index (χ4v) is 3.36. The van der Waals surface area contributed by atoms with Crippen molar-refractivity contribution in [2.24, 2.45) is 0 Å². The molecule has 0 spiro atoms. The summed E-state index contributed by atoms with van der Waals surface area (Å²) in [6, 6.07) is 8.29. The van der Waals surface area contributed by atoms with E-state index in [-0.39, 0.29) is 12.2 Å². The molecule has 2 heterocycles. The highest BCUT2D eigenvalue weighted by molar-refractivity contribution is 6.30. The van der Waals surface area contributed by atoms with Crippen LogP contribution in [-0.2, 0) is 0 Å². The van der Waals surface area contributed by atoms with Gasteiger partial charge in [0.15, 0.2) is 0 Å². The number of hydrogen-bond donors (Lipinski definition) is 2. The Morgan fingerprint density at radius 2 is 2.07 bits per heavy atom. The number of aromatic nitrogens is 4. The van der Waals surface area contributed by atoms with Gasteiger partial charge >= 0.3 is 0 Å². The molecule has 30 heavy (non-hydrogen) atoms. The lowest BCUT2D eigenvalue weighted by atomic mass is 9.93. The average Bonchev–Trinajstić information content (AvgIpc) is 3.16. The van der Waals surface area contributed by atoms with Crippen LogP contribution in [-0.4, -0.2) is 43.2 Å². The minimum absolute atomic E-state index is 0.0633. The molecule has 1 aliphatic rings. The summed E-state index contributed by atoms with van der Waals surface area (Å²) >= 11 is 5.98. The van der Waals surface area contributed by atoms with Crippen LogP contribution in [0.25, 0.3) is 16.9 Å². The molecule has 1 aromatic carbocycles. The molecule has 156 valence electrons. The molecule has 0 aliphatic heterocycles. The van der Waals surface area contributed by atoms with E-state index >= 15 is 0 Å². The van der Waals surface area contributed by atoms with Crippen LogP contribution >= 0.6 is 11.6 Å². The van der Waals surface area contributed by atoms with Crippen LogP contribution in [0.2, 0.25) is 5.02 Å². The number of benzene rings is 1. The van der Waals surface area contributed by atoms with Crippen LogP contribution in [0.1, 0.15) is 42.6 Å². The zero-order valence-electron chi connectivity index (χ0n) is 16.5. The van der Waals surface area contributed by atoms with Gasteiger partial charge in [-0.05, 0) is 44.4 Å². The van der Waals surface area contributed by atoms with Gasteiger partial charge in [0.1, 0.15) is 11.3 Å². The molecule has 2 aromatic heterocycles. The van der Waals surface area contributed by atoms with Gasteiger partial charge in [0.2, 0.25) is 0 Å². The van der Waals surface area contributed by atoms with Crippen molar-refractivity contribution < 1.29 is 9.90 Å². The van der Waals surface area contributed by atoms with E-state index in [1.165, 1.54) is 10.7 Å². The summed E-state index contributed by atoms with van der Waals surface area (Å²) in [7, 11) is 0. The summed E-state index contributed by atoms with van der Waals surface area (Å²) in [6.07, 6.45) is 6.64. The molecule has 9 heteroatoms. The molecule has 2 N–H and O–H groups in total. The first-order valence-corrected chi connectivity index (χ1v) is 10.2. The predicted octanol–water partition coefficient (Wildman–Crippen LogP) is 2.59. The number of amides is 1. The summed E-state index contributed by atoms with van der Waals surface area (Å²) in [5.74, 6) is -0.570. The largest absolute Gasteiger partial charge is 0.394 e. The maximum absolute atomic E-state index is 13.1. The summed E-state index contributed by atoms with van der Waals surface area (Å²) in [4.78, 5) is 25.8. The number of carbonyl (C=O) groups is 1. The van der Waals surface area contributed by atoms with E-state index in [0.29, 0.717) is 28.0 Å². The van der Waals surface area contributed by atoms with E-state index in [9.17, 15) is 14.7 Å². The number of rotatable bonds is 6. The minimum Gasteiger partial charge on any atom is -0.394 e. The summed E-state index contributed by atoms with van der Waals surface area (Å²) in [5, 5.41) is 21.3. The van der Waals surface area contributed by atoms with E-state index in [1.807, 2.05) is 4.68 Å². The second-order valence-electron chi connectivity index (χ2n) is 7.49. The molecule has 3 aromatic rings. The third-order valence-corrected chi connectivity index (χ3v) is 5.48. The van der Waals surface area contributed by atoms with Gasteiger partial charge in [-0.2, -0.15) is 14.9 Å². The van der Waals surface area contributed by atoms with Crippen molar-refractivity contribution in [1.29, 1.82) is 0 Å². The Hall–Kier alpha value is -2.97. The van der Waals surface area contributed by atoms with Crippen LogP contribution < -0.4 is 10.9 Å². The van der Waals surface area contributed by atoms with E-state index in [4.69, 9.17) is 11.6 Å². The Bertz CT molecular complexity index is 1120. The molecule has 1 fully saturated rings. The highest BCUT2D eigenvalue weighted by Crippen LogP contribution is 2.31. The van der Waals surface area contributed by atoms with E-state index in [1.54, 1.807) is 43.6 Å². The van der Waals surface area contributed by atoms with E-state index in [0.717, 1.165) is 19.3 Å². The molecule has 8 nitrogen and oxygen atoms in total. The first-order valence-electron chi connectivity index (χ1n) is 9.83. The SMILES string of the molecule is CC(CO)NC(=O)c1cc(-c2ccc(Cl)cc2)nn(-c2cnn(C3CCC3)c2)c1=O. The van der Waals surface area contributed by atoms with Crippen LogP contribution in [0, 0.1) is 0 Å². The lowest BCUT2D eigenvalue weighted by Crippen LogP contribution is -2.39. The first-order chi connectivity index (χ1) is 14.5. The zero-order chi connectivity index (χ0) is 21.3. The third-order valence-electron chi connectivity index (χ3n) is 5.23. The molecule has 1 saturated carbocycles. The van der Waals surface area contributed by atoms with Gasteiger partial charge in [-0.25, -0.2) is 0 Å². The molecule has 1 unspecified atom stereocenters. The van der Waals surface area contributed by atoms with Gasteiger partial charge < -0.3 is 10.4 Å². The Morgan fingerprint density at radius 1 is 1.33 bits per heavy atom. The smallest absolute Gasteiger partial charge is 0.284 e. The number of nitrogens with one attached hydrogen (secondary N) is 1. The van der Waals surface area contributed by atoms with Crippen LogP contribution in [0.3, 0.4) is 0 Å². The maximum Gasteiger partial charge on any atom is 0.284 e. The van der Waals surface area contributed by atoms with Gasteiger partial charge in [0, 0.05) is 16.6 Å². The van der Waals surface area contributed by atoms with Crippen molar-refractivity contribution in [3.8, 4) is 16.9 Å². The lowest BCUT2D eigenvalue weighted by molar-refractivity contribution is 0.0920. The lowest BCUT2D eigenvalue weighted by Gasteiger charge is -2.25. The van der Waals surface area contributed by atoms with Crippen LogP contribution in [0.15, 0.2) is 47.5 Å². The van der Waals surface area contributed by atoms with Crippen molar-refractivity contribution in [2.45, 2.75) is 38.3 Å². The molecular weight excluding hydrogens is 406 g/mol. The molecule has 1 amide bonds. The van der Waals surface area contributed by atoms with Crippen molar-refractivity contribution in [1.82, 2.24) is 24.9 Å². The molecule has 0 saturated heterocycles. The Kier molecular flexibility index (Phi) is 5.69. The quantitative estimate of drug-likeness (QED) is 0.629.